The van der Waals surface area contributed by atoms with Gasteiger partial charge in [-0.05, 0) is 23.3 Å². The molecular formula is C15H13Cl3O. The predicted octanol–water partition coefficient (Wildman–Crippen LogP) is 4.79. The number of aliphatic hydroxyl groups excluding tert-OH is 1. The molecule has 0 saturated carbocycles. The van der Waals surface area contributed by atoms with E-state index in [1.54, 1.807) is 6.07 Å². The van der Waals surface area contributed by atoms with Crippen LogP contribution in [0.1, 0.15) is 11.1 Å². The van der Waals surface area contributed by atoms with Crippen LogP contribution >= 0.6 is 34.8 Å². The Morgan fingerprint density at radius 3 is 2.11 bits per heavy atom. The molecular weight excluding hydrogens is 303 g/mol. The summed E-state index contributed by atoms with van der Waals surface area (Å²) in [7, 11) is 0. The van der Waals surface area contributed by atoms with Gasteiger partial charge in [0.25, 0.3) is 0 Å². The van der Waals surface area contributed by atoms with Crippen molar-refractivity contribution in [3.05, 3.63) is 68.7 Å². The molecule has 2 rings (SSSR count). The summed E-state index contributed by atoms with van der Waals surface area (Å²) in [5.74, 6) is 0. The molecule has 0 heterocycles. The topological polar surface area (TPSA) is 20.2 Å². The van der Waals surface area contributed by atoms with Gasteiger partial charge in [-0.25, -0.2) is 0 Å². The van der Waals surface area contributed by atoms with Gasteiger partial charge >= 0.3 is 0 Å². The molecule has 0 aliphatic rings. The molecule has 0 aromatic heterocycles. The fraction of sp³-hybridized carbons (Fsp3) is 0.200. The van der Waals surface area contributed by atoms with Crippen LogP contribution in [0.15, 0.2) is 42.5 Å². The highest BCUT2D eigenvalue weighted by Crippen LogP contribution is 2.27. The number of hydrogen-bond acceptors (Lipinski definition) is 1. The van der Waals surface area contributed by atoms with Crippen molar-refractivity contribution in [3.63, 3.8) is 0 Å². The van der Waals surface area contributed by atoms with E-state index >= 15 is 0 Å². The molecule has 0 amide bonds. The minimum Gasteiger partial charge on any atom is -0.392 e. The fourth-order valence-corrected chi connectivity index (χ4v) is 2.56. The van der Waals surface area contributed by atoms with Gasteiger partial charge in [-0.15, -0.1) is 0 Å². The largest absolute Gasteiger partial charge is 0.392 e. The van der Waals surface area contributed by atoms with Crippen LogP contribution in [0.5, 0.6) is 0 Å². The monoisotopic (exact) mass is 314 g/mol. The number of rotatable bonds is 4. The van der Waals surface area contributed by atoms with Crippen molar-refractivity contribution in [2.45, 2.75) is 18.9 Å². The SMILES string of the molecule is OC(Cc1ccccc1Cl)Cc1cccc(Cl)c1Cl. The van der Waals surface area contributed by atoms with Crippen molar-refractivity contribution < 1.29 is 5.11 Å². The lowest BCUT2D eigenvalue weighted by Gasteiger charge is -2.13. The van der Waals surface area contributed by atoms with Gasteiger partial charge < -0.3 is 5.11 Å². The van der Waals surface area contributed by atoms with E-state index in [4.69, 9.17) is 34.8 Å². The molecule has 1 nitrogen and oxygen atoms in total. The first kappa shape index (κ1) is 14.7. The Kier molecular flexibility index (Phi) is 5.12. The predicted molar refractivity (Wildman–Crippen MR) is 81.3 cm³/mol. The maximum atomic E-state index is 10.1. The Hall–Kier alpha value is -0.730. The van der Waals surface area contributed by atoms with Gasteiger partial charge in [-0.3, -0.25) is 0 Å². The fourth-order valence-electron chi connectivity index (χ4n) is 1.95. The number of halogens is 3. The zero-order valence-electron chi connectivity index (χ0n) is 10.1. The van der Waals surface area contributed by atoms with E-state index in [0.29, 0.717) is 27.9 Å². The quantitative estimate of drug-likeness (QED) is 0.860. The molecule has 0 saturated heterocycles. The van der Waals surface area contributed by atoms with Crippen LogP contribution in [0.25, 0.3) is 0 Å². The first-order valence-electron chi connectivity index (χ1n) is 5.92. The van der Waals surface area contributed by atoms with Gasteiger partial charge in [-0.2, -0.15) is 0 Å². The summed E-state index contributed by atoms with van der Waals surface area (Å²) in [6.07, 6.45) is 0.392. The van der Waals surface area contributed by atoms with Crippen LogP contribution < -0.4 is 0 Å². The van der Waals surface area contributed by atoms with E-state index in [2.05, 4.69) is 0 Å². The average Bonchev–Trinajstić information content (AvgIpc) is 2.38. The van der Waals surface area contributed by atoms with Crippen molar-refractivity contribution in [2.75, 3.05) is 0 Å². The molecule has 1 atom stereocenters. The van der Waals surface area contributed by atoms with Crippen molar-refractivity contribution in [1.29, 1.82) is 0 Å². The molecule has 19 heavy (non-hydrogen) atoms. The highest BCUT2D eigenvalue weighted by molar-refractivity contribution is 6.42. The second-order valence-electron chi connectivity index (χ2n) is 4.37. The second kappa shape index (κ2) is 6.62. The Bertz CT molecular complexity index is 569. The molecule has 2 aromatic rings. The maximum absolute atomic E-state index is 10.1. The number of aliphatic hydroxyl groups is 1. The molecule has 0 spiro atoms. The summed E-state index contributed by atoms with van der Waals surface area (Å²) in [5.41, 5.74) is 1.77. The normalized spacial score (nSPS) is 12.4. The summed E-state index contributed by atoms with van der Waals surface area (Å²) in [6, 6.07) is 12.9. The standard InChI is InChI=1S/C15H13Cl3O/c16-13-6-2-1-4-10(13)8-12(19)9-11-5-3-7-14(17)15(11)18/h1-7,12,19H,8-9H2. The molecule has 0 radical (unpaired) electrons. The zero-order chi connectivity index (χ0) is 13.8. The second-order valence-corrected chi connectivity index (χ2v) is 5.56. The van der Waals surface area contributed by atoms with E-state index < -0.39 is 6.10 Å². The third-order valence-corrected chi connectivity index (χ3v) is 4.13. The van der Waals surface area contributed by atoms with Crippen LogP contribution in [0.2, 0.25) is 15.1 Å². The smallest absolute Gasteiger partial charge is 0.0625 e. The third-order valence-electron chi connectivity index (χ3n) is 2.90. The minimum absolute atomic E-state index is 0.449. The molecule has 0 bridgehead atoms. The lowest BCUT2D eigenvalue weighted by atomic mass is 10.0. The Labute approximate surface area is 127 Å². The molecule has 2 aromatic carbocycles. The first-order chi connectivity index (χ1) is 9.08. The molecule has 1 unspecified atom stereocenters. The van der Waals surface area contributed by atoms with E-state index in [1.807, 2.05) is 36.4 Å². The van der Waals surface area contributed by atoms with Crippen LogP contribution in [0.3, 0.4) is 0 Å². The Balaban J connectivity index is 2.08. The molecule has 0 aliphatic heterocycles. The molecule has 4 heteroatoms. The summed E-state index contributed by atoms with van der Waals surface area (Å²) in [4.78, 5) is 0. The van der Waals surface area contributed by atoms with Crippen molar-refractivity contribution in [3.8, 4) is 0 Å². The van der Waals surface area contributed by atoms with Gasteiger partial charge in [0, 0.05) is 17.9 Å². The Morgan fingerprint density at radius 2 is 1.37 bits per heavy atom. The van der Waals surface area contributed by atoms with E-state index in [9.17, 15) is 5.11 Å². The number of hydrogen-bond donors (Lipinski definition) is 1. The van der Waals surface area contributed by atoms with Crippen molar-refractivity contribution in [2.24, 2.45) is 0 Å². The molecule has 0 fully saturated rings. The third kappa shape index (κ3) is 3.87. The average molecular weight is 316 g/mol. The lowest BCUT2D eigenvalue weighted by molar-refractivity contribution is 0.175. The zero-order valence-corrected chi connectivity index (χ0v) is 12.4. The first-order valence-corrected chi connectivity index (χ1v) is 7.05. The molecule has 1 N–H and O–H groups in total. The van der Waals surface area contributed by atoms with Crippen LogP contribution in [0.4, 0.5) is 0 Å². The molecule has 0 aliphatic carbocycles. The van der Waals surface area contributed by atoms with Crippen molar-refractivity contribution in [1.82, 2.24) is 0 Å². The summed E-state index contributed by atoms with van der Waals surface area (Å²) in [5, 5.41) is 11.8. The van der Waals surface area contributed by atoms with Crippen LogP contribution in [-0.4, -0.2) is 11.2 Å². The maximum Gasteiger partial charge on any atom is 0.0625 e. The van der Waals surface area contributed by atoms with E-state index in [1.165, 1.54) is 0 Å². The number of benzene rings is 2. The Morgan fingerprint density at radius 1 is 0.789 bits per heavy atom. The van der Waals surface area contributed by atoms with Crippen LogP contribution in [-0.2, 0) is 12.8 Å². The van der Waals surface area contributed by atoms with Gasteiger partial charge in [0.1, 0.15) is 0 Å². The molecule has 100 valence electrons. The van der Waals surface area contributed by atoms with Gasteiger partial charge in [0.05, 0.1) is 16.1 Å². The van der Waals surface area contributed by atoms with Crippen molar-refractivity contribution >= 4 is 34.8 Å². The van der Waals surface area contributed by atoms with E-state index in [0.717, 1.165) is 11.1 Å². The summed E-state index contributed by atoms with van der Waals surface area (Å²) in [6.45, 7) is 0. The summed E-state index contributed by atoms with van der Waals surface area (Å²) < 4.78 is 0. The summed E-state index contributed by atoms with van der Waals surface area (Å²) >= 11 is 18.1. The van der Waals surface area contributed by atoms with Gasteiger partial charge in [-0.1, -0.05) is 65.1 Å². The lowest BCUT2D eigenvalue weighted by Crippen LogP contribution is -2.14. The van der Waals surface area contributed by atoms with Crippen LogP contribution in [0, 0.1) is 0 Å². The highest BCUT2D eigenvalue weighted by atomic mass is 35.5. The highest BCUT2D eigenvalue weighted by Gasteiger charge is 2.12. The van der Waals surface area contributed by atoms with Gasteiger partial charge in [0.2, 0.25) is 0 Å². The minimum atomic E-state index is -0.545. The van der Waals surface area contributed by atoms with E-state index in [-0.39, 0.29) is 0 Å². The van der Waals surface area contributed by atoms with Gasteiger partial charge in [0.15, 0.2) is 0 Å².